The monoisotopic (exact) mass is 400 g/mol. The Bertz CT molecular complexity index is 1170. The number of anilines is 1. The van der Waals surface area contributed by atoms with Gasteiger partial charge in [0.1, 0.15) is 5.03 Å². The van der Waals surface area contributed by atoms with E-state index in [9.17, 15) is 19.5 Å². The molecule has 0 saturated carbocycles. The Hall–Kier alpha value is -2.46. The Morgan fingerprint density at radius 3 is 2.62 bits per heavy atom. The van der Waals surface area contributed by atoms with Crippen LogP contribution in [0.5, 0.6) is 0 Å². The number of carbonyl (C=O) groups excluding carboxylic acids is 2. The maximum atomic E-state index is 12.7. The SMILES string of the molecule is CC(=O)Nc1c(Cc2cccc3ccccc23)cc(=O)n2c1SCC2C(=O)[O-].[Li+]. The number of carbonyl (C=O) groups is 2. The van der Waals surface area contributed by atoms with Crippen LogP contribution in [0.4, 0.5) is 5.69 Å². The van der Waals surface area contributed by atoms with Gasteiger partial charge in [-0.1, -0.05) is 42.5 Å². The number of aromatic nitrogens is 1. The third-order valence-electron chi connectivity index (χ3n) is 4.81. The second-order valence-electron chi connectivity index (χ2n) is 6.70. The topological polar surface area (TPSA) is 91.2 Å². The summed E-state index contributed by atoms with van der Waals surface area (Å²) in [4.78, 5) is 35.9. The molecule has 1 N–H and O–H groups in total. The predicted octanol–water partition coefficient (Wildman–Crippen LogP) is -1.05. The standard InChI is InChI=1S/C21H18N2O4S.Li/c1-12(24)22-19-15(9-14-7-4-6-13-5-2-3-8-16(13)14)10-18(25)23-17(21(26)27)11-28-20(19)23;/h2-8,10,17H,9,11H2,1H3,(H,22,24)(H,26,27);/q;+1/p-1. The molecular formula is C21H17LiN2O4S. The fourth-order valence-corrected chi connectivity index (χ4v) is 4.88. The maximum Gasteiger partial charge on any atom is 1.00 e. The molecule has 1 amide bonds. The van der Waals surface area contributed by atoms with Crippen molar-refractivity contribution in [3.05, 3.63) is 70.0 Å². The van der Waals surface area contributed by atoms with Crippen molar-refractivity contribution in [2.45, 2.75) is 24.4 Å². The van der Waals surface area contributed by atoms with E-state index in [1.807, 2.05) is 42.5 Å². The van der Waals surface area contributed by atoms with Gasteiger partial charge < -0.3 is 15.2 Å². The predicted molar refractivity (Wildman–Crippen MR) is 107 cm³/mol. The number of carboxylic acids is 1. The molecule has 142 valence electrons. The molecule has 1 aliphatic heterocycles. The molecule has 0 bridgehead atoms. The molecule has 0 fully saturated rings. The van der Waals surface area contributed by atoms with E-state index < -0.39 is 17.6 Å². The Balaban J connectivity index is 0.00000240. The maximum absolute atomic E-state index is 12.7. The summed E-state index contributed by atoms with van der Waals surface area (Å²) in [5.41, 5.74) is 1.77. The average molecular weight is 400 g/mol. The van der Waals surface area contributed by atoms with Gasteiger partial charge in [0.05, 0.1) is 17.7 Å². The summed E-state index contributed by atoms with van der Waals surface area (Å²) in [7, 11) is 0. The van der Waals surface area contributed by atoms with Gasteiger partial charge in [-0.2, -0.15) is 0 Å². The molecule has 8 heteroatoms. The van der Waals surface area contributed by atoms with Crippen LogP contribution in [-0.4, -0.2) is 22.2 Å². The Kier molecular flexibility index (Phi) is 6.23. The van der Waals surface area contributed by atoms with E-state index >= 15 is 0 Å². The number of aliphatic carboxylic acids is 1. The molecule has 0 spiro atoms. The molecule has 1 aliphatic rings. The van der Waals surface area contributed by atoms with E-state index in [1.165, 1.54) is 29.3 Å². The third-order valence-corrected chi connectivity index (χ3v) is 5.97. The summed E-state index contributed by atoms with van der Waals surface area (Å²) in [6.07, 6.45) is 0.441. The van der Waals surface area contributed by atoms with Crippen LogP contribution in [0, 0.1) is 0 Å². The van der Waals surface area contributed by atoms with E-state index in [-0.39, 0.29) is 30.5 Å². The Labute approximate surface area is 183 Å². The molecule has 6 nitrogen and oxygen atoms in total. The summed E-state index contributed by atoms with van der Waals surface area (Å²) < 4.78 is 1.21. The number of pyridine rings is 1. The molecule has 0 aliphatic carbocycles. The summed E-state index contributed by atoms with van der Waals surface area (Å²) in [6, 6.07) is 14.3. The summed E-state index contributed by atoms with van der Waals surface area (Å²) in [5, 5.41) is 16.8. The van der Waals surface area contributed by atoms with Gasteiger partial charge in [0.15, 0.2) is 0 Å². The molecule has 1 unspecified atom stereocenters. The number of rotatable bonds is 4. The molecule has 2 aromatic carbocycles. The van der Waals surface area contributed by atoms with Gasteiger partial charge in [-0.25, -0.2) is 0 Å². The van der Waals surface area contributed by atoms with Crippen LogP contribution in [0.3, 0.4) is 0 Å². The first-order chi connectivity index (χ1) is 13.5. The minimum absolute atomic E-state index is 0. The molecule has 3 aromatic rings. The van der Waals surface area contributed by atoms with Crippen molar-refractivity contribution in [1.29, 1.82) is 0 Å². The van der Waals surface area contributed by atoms with E-state index in [0.717, 1.165) is 16.3 Å². The van der Waals surface area contributed by atoms with E-state index in [2.05, 4.69) is 5.32 Å². The van der Waals surface area contributed by atoms with Crippen molar-refractivity contribution in [2.75, 3.05) is 11.1 Å². The number of hydrogen-bond acceptors (Lipinski definition) is 5. The van der Waals surface area contributed by atoms with Gasteiger partial charge in [0, 0.05) is 25.2 Å². The van der Waals surface area contributed by atoms with Gasteiger partial charge in [-0.15, -0.1) is 11.8 Å². The van der Waals surface area contributed by atoms with Crippen molar-refractivity contribution >= 4 is 40.1 Å². The molecule has 29 heavy (non-hydrogen) atoms. The molecule has 1 aromatic heterocycles. The Morgan fingerprint density at radius 1 is 1.17 bits per heavy atom. The zero-order valence-corrected chi connectivity index (χ0v) is 16.9. The minimum atomic E-state index is -1.30. The van der Waals surface area contributed by atoms with Gasteiger partial charge >= 0.3 is 18.9 Å². The van der Waals surface area contributed by atoms with Crippen LogP contribution < -0.4 is 34.8 Å². The Morgan fingerprint density at radius 2 is 1.90 bits per heavy atom. The minimum Gasteiger partial charge on any atom is -0.548 e. The normalized spacial score (nSPS) is 14.9. The van der Waals surface area contributed by atoms with Gasteiger partial charge in [0.2, 0.25) is 5.91 Å². The molecule has 4 rings (SSSR count). The van der Waals surface area contributed by atoms with E-state index in [1.54, 1.807) is 0 Å². The number of carboxylic acid groups (broad SMARTS) is 1. The van der Waals surface area contributed by atoms with Crippen LogP contribution in [0.15, 0.2) is 58.4 Å². The first-order valence-corrected chi connectivity index (χ1v) is 9.80. The van der Waals surface area contributed by atoms with Crippen LogP contribution >= 0.6 is 11.8 Å². The number of amides is 1. The van der Waals surface area contributed by atoms with E-state index in [0.29, 0.717) is 22.7 Å². The average Bonchev–Trinajstić information content (AvgIpc) is 3.11. The van der Waals surface area contributed by atoms with Crippen molar-refractivity contribution < 1.29 is 33.6 Å². The van der Waals surface area contributed by atoms with Crippen molar-refractivity contribution in [1.82, 2.24) is 4.57 Å². The molecule has 0 saturated heterocycles. The van der Waals surface area contributed by atoms with Gasteiger partial charge in [-0.05, 0) is 21.9 Å². The largest absolute Gasteiger partial charge is 1.00 e. The second kappa shape index (κ2) is 8.50. The molecule has 0 radical (unpaired) electrons. The smallest absolute Gasteiger partial charge is 0.548 e. The summed E-state index contributed by atoms with van der Waals surface area (Å²) >= 11 is 1.24. The number of nitrogens with one attached hydrogen (secondary N) is 1. The van der Waals surface area contributed by atoms with Crippen LogP contribution in [0.25, 0.3) is 10.8 Å². The van der Waals surface area contributed by atoms with Gasteiger partial charge in [-0.3, -0.25) is 14.2 Å². The first-order valence-electron chi connectivity index (χ1n) is 8.82. The molecule has 1 atom stereocenters. The second-order valence-corrected chi connectivity index (χ2v) is 7.71. The van der Waals surface area contributed by atoms with Crippen LogP contribution in [0.2, 0.25) is 0 Å². The van der Waals surface area contributed by atoms with E-state index in [4.69, 9.17) is 0 Å². The number of fused-ring (bicyclic) bond motifs is 2. The van der Waals surface area contributed by atoms with Gasteiger partial charge in [0.25, 0.3) is 5.56 Å². The number of benzene rings is 2. The summed E-state index contributed by atoms with van der Waals surface area (Å²) in [5.74, 6) is -1.39. The van der Waals surface area contributed by atoms with Crippen LogP contribution in [0.1, 0.15) is 24.1 Å². The number of nitrogens with zero attached hydrogens (tertiary/aromatic N) is 1. The number of hydrogen-bond donors (Lipinski definition) is 1. The zero-order valence-electron chi connectivity index (χ0n) is 16.1. The fourth-order valence-electron chi connectivity index (χ4n) is 3.59. The first kappa shape index (κ1) is 21.3. The van der Waals surface area contributed by atoms with Crippen LogP contribution in [-0.2, 0) is 16.0 Å². The van der Waals surface area contributed by atoms with Crippen molar-refractivity contribution in [2.24, 2.45) is 0 Å². The zero-order chi connectivity index (χ0) is 19.8. The summed E-state index contributed by atoms with van der Waals surface area (Å²) in [6.45, 7) is 1.39. The number of thioether (sulfide) groups is 1. The third kappa shape index (κ3) is 3.99. The molecular weight excluding hydrogens is 383 g/mol. The molecule has 2 heterocycles. The fraction of sp³-hybridized carbons (Fsp3) is 0.190. The van der Waals surface area contributed by atoms with Crippen molar-refractivity contribution in [3.63, 3.8) is 0 Å². The van der Waals surface area contributed by atoms with Crippen molar-refractivity contribution in [3.8, 4) is 0 Å². The quantitative estimate of drug-likeness (QED) is 0.565.